The van der Waals surface area contributed by atoms with Gasteiger partial charge in [0.15, 0.2) is 5.78 Å². The minimum absolute atomic E-state index is 0.00113. The second-order valence-corrected chi connectivity index (χ2v) is 7.42. The molecule has 0 N–H and O–H groups in total. The summed E-state index contributed by atoms with van der Waals surface area (Å²) in [6.07, 6.45) is 0. The molecule has 0 fully saturated rings. The second kappa shape index (κ2) is 5.99. The highest BCUT2D eigenvalue weighted by Gasteiger charge is 2.15. The maximum atomic E-state index is 12.3. The van der Waals surface area contributed by atoms with E-state index in [-0.39, 0.29) is 11.5 Å². The van der Waals surface area contributed by atoms with Crippen molar-refractivity contribution in [1.82, 2.24) is 0 Å². The molecule has 1 unspecified atom stereocenters. The van der Waals surface area contributed by atoms with Crippen LogP contribution in [0.1, 0.15) is 20.8 Å². The first-order valence-electron chi connectivity index (χ1n) is 5.71. The lowest BCUT2D eigenvalue weighted by atomic mass is 10.2. The Kier molecular flexibility index (Phi) is 4.55. The number of aryl methyl sites for hydroxylation is 2. The molecule has 2 rings (SSSR count). The minimum Gasteiger partial charge on any atom is -0.292 e. The number of ketones is 1. The van der Waals surface area contributed by atoms with Gasteiger partial charge in [0.05, 0.1) is 25.8 Å². The number of rotatable bonds is 4. The lowest BCUT2D eigenvalue weighted by molar-refractivity contribution is 0.102. The molecule has 100 valence electrons. The number of halogens is 1. The Morgan fingerprint density at radius 3 is 2.63 bits per heavy atom. The fourth-order valence-corrected chi connectivity index (χ4v) is 4.05. The maximum Gasteiger partial charge on any atom is 0.185 e. The van der Waals surface area contributed by atoms with E-state index < -0.39 is 10.8 Å². The van der Waals surface area contributed by atoms with Crippen LogP contribution in [0.2, 0.25) is 4.34 Å². The van der Waals surface area contributed by atoms with E-state index in [1.807, 2.05) is 32.0 Å². The van der Waals surface area contributed by atoms with Crippen molar-refractivity contribution in [3.05, 3.63) is 50.7 Å². The van der Waals surface area contributed by atoms with Crippen molar-refractivity contribution in [2.24, 2.45) is 0 Å². The zero-order valence-electron chi connectivity index (χ0n) is 10.6. The minimum atomic E-state index is -1.31. The molecule has 0 aliphatic rings. The molecule has 1 heterocycles. The van der Waals surface area contributed by atoms with Crippen LogP contribution in [0.4, 0.5) is 0 Å². The average Bonchev–Trinajstić information content (AvgIpc) is 2.79. The van der Waals surface area contributed by atoms with Gasteiger partial charge in [-0.2, -0.15) is 0 Å². The number of Topliss-reactive ketones (excluding diaryl/α,β-unsaturated/α-hetero) is 1. The Morgan fingerprint density at radius 2 is 2.00 bits per heavy atom. The smallest absolute Gasteiger partial charge is 0.185 e. The van der Waals surface area contributed by atoms with Crippen LogP contribution in [-0.2, 0) is 10.8 Å². The van der Waals surface area contributed by atoms with Crippen LogP contribution in [0.5, 0.6) is 0 Å². The van der Waals surface area contributed by atoms with Gasteiger partial charge in [-0.3, -0.25) is 9.00 Å². The van der Waals surface area contributed by atoms with Gasteiger partial charge >= 0.3 is 0 Å². The van der Waals surface area contributed by atoms with Gasteiger partial charge < -0.3 is 0 Å². The Hall–Kier alpha value is -0.970. The van der Waals surface area contributed by atoms with Crippen molar-refractivity contribution in [2.45, 2.75) is 18.7 Å². The highest BCUT2D eigenvalue weighted by molar-refractivity contribution is 7.86. The third-order valence-corrected chi connectivity index (χ3v) is 5.43. The average molecular weight is 313 g/mol. The third kappa shape index (κ3) is 3.53. The van der Waals surface area contributed by atoms with Gasteiger partial charge in [0.25, 0.3) is 0 Å². The number of carbonyl (C=O) groups is 1. The van der Waals surface area contributed by atoms with Crippen molar-refractivity contribution in [2.75, 3.05) is 5.75 Å². The Bertz CT molecular complexity index is 647. The van der Waals surface area contributed by atoms with Crippen LogP contribution < -0.4 is 0 Å². The van der Waals surface area contributed by atoms with Gasteiger partial charge in [-0.05, 0) is 43.2 Å². The van der Waals surface area contributed by atoms with Gasteiger partial charge in [-0.1, -0.05) is 23.7 Å². The highest BCUT2D eigenvalue weighted by Crippen LogP contribution is 2.23. The van der Waals surface area contributed by atoms with E-state index in [0.717, 1.165) is 16.0 Å². The Morgan fingerprint density at radius 1 is 1.26 bits per heavy atom. The normalized spacial score (nSPS) is 12.4. The summed E-state index contributed by atoms with van der Waals surface area (Å²) in [5, 5.41) is 0. The van der Waals surface area contributed by atoms with E-state index in [4.69, 9.17) is 11.6 Å². The van der Waals surface area contributed by atoms with Crippen LogP contribution in [0, 0.1) is 13.8 Å². The number of hydrogen-bond acceptors (Lipinski definition) is 3. The number of thiophene rings is 1. The second-order valence-electron chi connectivity index (χ2n) is 4.29. The van der Waals surface area contributed by atoms with Crippen LogP contribution in [-0.4, -0.2) is 15.7 Å². The van der Waals surface area contributed by atoms with Crippen LogP contribution in [0.25, 0.3) is 0 Å². The molecule has 0 radical (unpaired) electrons. The largest absolute Gasteiger partial charge is 0.292 e. The van der Waals surface area contributed by atoms with E-state index in [1.165, 1.54) is 11.3 Å². The zero-order valence-corrected chi connectivity index (χ0v) is 13.0. The van der Waals surface area contributed by atoms with Gasteiger partial charge in [0, 0.05) is 4.90 Å². The molecule has 2 nitrogen and oxygen atoms in total. The lowest BCUT2D eigenvalue weighted by Crippen LogP contribution is -2.10. The quantitative estimate of drug-likeness (QED) is 0.799. The molecular weight excluding hydrogens is 300 g/mol. The van der Waals surface area contributed by atoms with Crippen molar-refractivity contribution >= 4 is 39.5 Å². The predicted octanol–water partition coefficient (Wildman–Crippen LogP) is 4.01. The van der Waals surface area contributed by atoms with Gasteiger partial charge in [0.2, 0.25) is 0 Å². The van der Waals surface area contributed by atoms with E-state index in [9.17, 15) is 9.00 Å². The molecule has 0 saturated carbocycles. The molecule has 0 spiro atoms. The molecular formula is C14H13ClO2S2. The zero-order chi connectivity index (χ0) is 14.0. The molecule has 1 aromatic heterocycles. The summed E-state index contributed by atoms with van der Waals surface area (Å²) >= 11 is 7.02. The number of hydrogen-bond donors (Lipinski definition) is 0. The van der Waals surface area contributed by atoms with E-state index in [1.54, 1.807) is 12.1 Å². The predicted molar refractivity (Wildman–Crippen MR) is 80.9 cm³/mol. The first-order chi connectivity index (χ1) is 8.97. The maximum absolute atomic E-state index is 12.3. The molecule has 0 aliphatic carbocycles. The Labute approximate surface area is 123 Å². The molecule has 0 aliphatic heterocycles. The topological polar surface area (TPSA) is 34.1 Å². The van der Waals surface area contributed by atoms with Gasteiger partial charge in [0.1, 0.15) is 0 Å². The Balaban J connectivity index is 2.17. The van der Waals surface area contributed by atoms with Crippen molar-refractivity contribution in [3.8, 4) is 0 Å². The van der Waals surface area contributed by atoms with Crippen molar-refractivity contribution < 1.29 is 9.00 Å². The van der Waals surface area contributed by atoms with Gasteiger partial charge in [-0.25, -0.2) is 0 Å². The highest BCUT2D eigenvalue weighted by atomic mass is 35.5. The van der Waals surface area contributed by atoms with Crippen LogP contribution in [0.3, 0.4) is 0 Å². The van der Waals surface area contributed by atoms with Gasteiger partial charge in [-0.15, -0.1) is 11.3 Å². The van der Waals surface area contributed by atoms with Crippen molar-refractivity contribution in [1.29, 1.82) is 0 Å². The molecule has 5 heteroatoms. The summed E-state index contributed by atoms with van der Waals surface area (Å²) in [5.74, 6) is -0.127. The number of benzene rings is 1. The number of carbonyl (C=O) groups excluding carboxylic acids is 1. The summed E-state index contributed by atoms with van der Waals surface area (Å²) < 4.78 is 12.8. The molecule has 0 amide bonds. The summed E-state index contributed by atoms with van der Waals surface area (Å²) in [4.78, 5) is 13.3. The standard InChI is InChI=1S/C14H13ClO2S2/c1-9-3-4-10(2)13(7-9)19(17)8-11(16)12-5-6-14(15)18-12/h3-7H,8H2,1-2H3. The molecule has 2 aromatic rings. The fraction of sp³-hybridized carbons (Fsp3) is 0.214. The molecule has 19 heavy (non-hydrogen) atoms. The summed E-state index contributed by atoms with van der Waals surface area (Å²) in [6.45, 7) is 3.85. The van der Waals surface area contributed by atoms with E-state index in [2.05, 4.69) is 0 Å². The van der Waals surface area contributed by atoms with Crippen LogP contribution >= 0.6 is 22.9 Å². The SMILES string of the molecule is Cc1ccc(C)c(S(=O)CC(=O)c2ccc(Cl)s2)c1. The molecule has 1 aromatic carbocycles. The van der Waals surface area contributed by atoms with E-state index in [0.29, 0.717) is 9.21 Å². The van der Waals surface area contributed by atoms with E-state index >= 15 is 0 Å². The third-order valence-electron chi connectivity index (χ3n) is 2.70. The summed E-state index contributed by atoms with van der Waals surface area (Å²) in [7, 11) is -1.31. The van der Waals surface area contributed by atoms with Crippen LogP contribution in [0.15, 0.2) is 35.2 Å². The monoisotopic (exact) mass is 312 g/mol. The summed E-state index contributed by atoms with van der Waals surface area (Å²) in [6, 6.07) is 9.13. The molecule has 0 saturated heterocycles. The lowest BCUT2D eigenvalue weighted by Gasteiger charge is -2.06. The van der Waals surface area contributed by atoms with Crippen molar-refractivity contribution in [3.63, 3.8) is 0 Å². The molecule has 1 atom stereocenters. The molecule has 0 bridgehead atoms. The fourth-order valence-electron chi connectivity index (χ4n) is 1.68. The first kappa shape index (κ1) is 14.4. The summed E-state index contributed by atoms with van der Waals surface area (Å²) in [5.41, 5.74) is 1.99. The first-order valence-corrected chi connectivity index (χ1v) is 8.23.